The zero-order valence-electron chi connectivity index (χ0n) is 13.9. The molecule has 0 amide bonds. The molecule has 1 saturated carbocycles. The van der Waals surface area contributed by atoms with Crippen molar-refractivity contribution >= 4 is 0 Å². The molecule has 1 heteroatoms. The minimum absolute atomic E-state index is 0.462. The van der Waals surface area contributed by atoms with Crippen molar-refractivity contribution in [1.82, 2.24) is 5.32 Å². The maximum absolute atomic E-state index is 3.75. The van der Waals surface area contributed by atoms with E-state index < -0.39 is 0 Å². The van der Waals surface area contributed by atoms with Crippen molar-refractivity contribution in [2.75, 3.05) is 6.54 Å². The van der Waals surface area contributed by atoms with Gasteiger partial charge in [-0.15, -0.1) is 0 Å². The van der Waals surface area contributed by atoms with Crippen LogP contribution in [0.3, 0.4) is 0 Å². The first-order chi connectivity index (χ1) is 9.45. The molecular formula is C19H31N. The maximum Gasteiger partial charge on any atom is 0.0353 e. The van der Waals surface area contributed by atoms with E-state index in [1.807, 2.05) is 0 Å². The molecule has 1 aliphatic rings. The van der Waals surface area contributed by atoms with E-state index in [2.05, 4.69) is 64.2 Å². The Morgan fingerprint density at radius 1 is 1.15 bits per heavy atom. The molecule has 1 aromatic carbocycles. The molecule has 1 fully saturated rings. The summed E-state index contributed by atoms with van der Waals surface area (Å²) in [4.78, 5) is 0. The lowest BCUT2D eigenvalue weighted by Crippen LogP contribution is -2.33. The quantitative estimate of drug-likeness (QED) is 0.769. The Balaban J connectivity index is 2.24. The van der Waals surface area contributed by atoms with Crippen LogP contribution in [0.4, 0.5) is 0 Å². The average Bonchev–Trinajstić information content (AvgIpc) is 2.76. The summed E-state index contributed by atoms with van der Waals surface area (Å²) in [7, 11) is 0. The molecule has 1 N–H and O–H groups in total. The number of hydrogen-bond acceptors (Lipinski definition) is 1. The van der Waals surface area contributed by atoms with E-state index in [0.29, 0.717) is 17.4 Å². The Bertz CT molecular complexity index is 416. The first kappa shape index (κ1) is 15.6. The lowest BCUT2D eigenvalue weighted by molar-refractivity contribution is 0.199. The van der Waals surface area contributed by atoms with Crippen LogP contribution in [0, 0.1) is 11.3 Å². The van der Waals surface area contributed by atoms with Crippen LogP contribution in [-0.4, -0.2) is 6.54 Å². The highest BCUT2D eigenvalue weighted by Crippen LogP contribution is 2.48. The topological polar surface area (TPSA) is 12.0 Å². The van der Waals surface area contributed by atoms with Crippen LogP contribution >= 0.6 is 0 Å². The van der Waals surface area contributed by atoms with Gasteiger partial charge in [-0.3, -0.25) is 0 Å². The third-order valence-electron chi connectivity index (χ3n) is 5.13. The van der Waals surface area contributed by atoms with E-state index in [-0.39, 0.29) is 0 Å². The number of nitrogens with one attached hydrogen (secondary N) is 1. The zero-order chi connectivity index (χ0) is 14.8. The molecule has 0 aromatic heterocycles. The molecular weight excluding hydrogens is 242 g/mol. The third kappa shape index (κ3) is 3.25. The lowest BCUT2D eigenvalue weighted by atomic mass is 9.75. The maximum atomic E-state index is 3.75. The molecule has 2 rings (SSSR count). The van der Waals surface area contributed by atoms with Crippen molar-refractivity contribution in [3.63, 3.8) is 0 Å². The van der Waals surface area contributed by atoms with E-state index in [4.69, 9.17) is 0 Å². The van der Waals surface area contributed by atoms with E-state index in [0.717, 1.165) is 12.5 Å². The fraction of sp³-hybridized carbons (Fsp3) is 0.684. The molecule has 0 aliphatic heterocycles. The van der Waals surface area contributed by atoms with Crippen LogP contribution < -0.4 is 5.32 Å². The molecule has 0 bridgehead atoms. The summed E-state index contributed by atoms with van der Waals surface area (Å²) in [6.07, 6.45) is 4.10. The van der Waals surface area contributed by atoms with Crippen molar-refractivity contribution in [3.8, 4) is 0 Å². The van der Waals surface area contributed by atoms with Gasteiger partial charge in [-0.1, -0.05) is 65.3 Å². The monoisotopic (exact) mass is 273 g/mol. The Labute approximate surface area is 125 Å². The van der Waals surface area contributed by atoms with Gasteiger partial charge in [0.2, 0.25) is 0 Å². The van der Waals surface area contributed by atoms with Gasteiger partial charge in [-0.05, 0) is 47.8 Å². The Morgan fingerprint density at radius 2 is 1.75 bits per heavy atom. The second-order valence-corrected chi connectivity index (χ2v) is 7.34. The van der Waals surface area contributed by atoms with Crippen LogP contribution in [0.2, 0.25) is 0 Å². The van der Waals surface area contributed by atoms with Crippen LogP contribution in [0.15, 0.2) is 24.3 Å². The van der Waals surface area contributed by atoms with Crippen LogP contribution in [-0.2, 0) is 0 Å². The smallest absolute Gasteiger partial charge is 0.0353 e. The first-order valence-corrected chi connectivity index (χ1v) is 8.29. The highest BCUT2D eigenvalue weighted by atomic mass is 14.9. The van der Waals surface area contributed by atoms with Crippen molar-refractivity contribution in [2.45, 2.75) is 65.8 Å². The van der Waals surface area contributed by atoms with E-state index in [9.17, 15) is 0 Å². The molecule has 0 spiro atoms. The van der Waals surface area contributed by atoms with Crippen molar-refractivity contribution in [3.05, 3.63) is 35.4 Å². The lowest BCUT2D eigenvalue weighted by Gasteiger charge is -2.35. The second kappa shape index (κ2) is 6.30. The van der Waals surface area contributed by atoms with E-state index >= 15 is 0 Å². The number of benzene rings is 1. The molecule has 1 nitrogen and oxygen atoms in total. The van der Waals surface area contributed by atoms with Crippen molar-refractivity contribution in [1.29, 1.82) is 0 Å². The average molecular weight is 273 g/mol. The minimum atomic E-state index is 0.462. The first-order valence-electron chi connectivity index (χ1n) is 8.29. The number of rotatable bonds is 5. The predicted molar refractivity (Wildman–Crippen MR) is 88.1 cm³/mol. The van der Waals surface area contributed by atoms with Gasteiger partial charge in [0.05, 0.1) is 0 Å². The second-order valence-electron chi connectivity index (χ2n) is 7.34. The zero-order valence-corrected chi connectivity index (χ0v) is 13.9. The van der Waals surface area contributed by atoms with Gasteiger partial charge in [0.1, 0.15) is 0 Å². The van der Waals surface area contributed by atoms with Gasteiger partial charge in [-0.25, -0.2) is 0 Å². The van der Waals surface area contributed by atoms with E-state index in [1.54, 1.807) is 0 Å². The van der Waals surface area contributed by atoms with Gasteiger partial charge in [0.15, 0.2) is 0 Å². The highest BCUT2D eigenvalue weighted by molar-refractivity contribution is 5.28. The number of hydrogen-bond donors (Lipinski definition) is 1. The molecule has 0 heterocycles. The van der Waals surface area contributed by atoms with Gasteiger partial charge in [0.25, 0.3) is 0 Å². The molecule has 20 heavy (non-hydrogen) atoms. The fourth-order valence-corrected chi connectivity index (χ4v) is 3.77. The molecule has 1 aliphatic carbocycles. The fourth-order valence-electron chi connectivity index (χ4n) is 3.77. The van der Waals surface area contributed by atoms with Gasteiger partial charge >= 0.3 is 0 Å². The minimum Gasteiger partial charge on any atom is -0.310 e. The molecule has 0 saturated heterocycles. The molecule has 0 radical (unpaired) electrons. The van der Waals surface area contributed by atoms with Crippen molar-refractivity contribution < 1.29 is 0 Å². The standard InChI is InChI=1S/C19H31N/c1-6-20-18(17-8-7-13-19(17,4)5)16-11-9-15(10-12-16)14(2)3/h9-12,14,17-18,20H,6-8,13H2,1-5H3. The predicted octanol–water partition coefficient (Wildman–Crippen LogP) is 5.29. The highest BCUT2D eigenvalue weighted by Gasteiger charge is 2.39. The summed E-state index contributed by atoms with van der Waals surface area (Å²) in [6, 6.07) is 9.82. The van der Waals surface area contributed by atoms with Crippen LogP contribution in [0.1, 0.15) is 77.0 Å². The molecule has 2 atom stereocenters. The third-order valence-corrected chi connectivity index (χ3v) is 5.13. The van der Waals surface area contributed by atoms with Gasteiger partial charge < -0.3 is 5.32 Å². The van der Waals surface area contributed by atoms with Gasteiger partial charge in [0, 0.05) is 6.04 Å². The van der Waals surface area contributed by atoms with Crippen molar-refractivity contribution in [2.24, 2.45) is 11.3 Å². The summed E-state index contributed by atoms with van der Waals surface area (Å²) < 4.78 is 0. The Kier molecular flexibility index (Phi) is 4.90. The molecule has 2 unspecified atom stereocenters. The van der Waals surface area contributed by atoms with E-state index in [1.165, 1.54) is 30.4 Å². The molecule has 1 aromatic rings. The Hall–Kier alpha value is -0.820. The Morgan fingerprint density at radius 3 is 2.20 bits per heavy atom. The summed E-state index contributed by atoms with van der Waals surface area (Å²) in [5.74, 6) is 1.37. The summed E-state index contributed by atoms with van der Waals surface area (Å²) in [5.41, 5.74) is 3.37. The largest absolute Gasteiger partial charge is 0.310 e. The molecule has 112 valence electrons. The summed E-state index contributed by atoms with van der Waals surface area (Å²) >= 11 is 0. The van der Waals surface area contributed by atoms with Crippen LogP contribution in [0.25, 0.3) is 0 Å². The summed E-state index contributed by atoms with van der Waals surface area (Å²) in [6.45, 7) is 12.7. The van der Waals surface area contributed by atoms with Gasteiger partial charge in [-0.2, -0.15) is 0 Å². The normalized spacial score (nSPS) is 23.2. The van der Waals surface area contributed by atoms with Crippen LogP contribution in [0.5, 0.6) is 0 Å². The summed E-state index contributed by atoms with van der Waals surface area (Å²) in [5, 5.41) is 3.75. The SMILES string of the molecule is CCNC(c1ccc(C(C)C)cc1)C1CCCC1(C)C.